The Morgan fingerprint density at radius 1 is 1.20 bits per heavy atom. The minimum absolute atomic E-state index is 0.169. The molecule has 2 atom stereocenters. The SMILES string of the molecule is CC(=O)Nc1sc(C)c(C)c1C(=O)OCC(=O)N1C[C@H](C)C[C@@H](C)C1. The largest absolute Gasteiger partial charge is 0.452 e. The lowest BCUT2D eigenvalue weighted by atomic mass is 9.92. The third-order valence-corrected chi connectivity index (χ3v) is 5.55. The maximum atomic E-state index is 12.5. The number of rotatable bonds is 4. The number of carbonyl (C=O) groups is 3. The maximum Gasteiger partial charge on any atom is 0.341 e. The molecule has 1 aromatic heterocycles. The van der Waals surface area contributed by atoms with Crippen molar-refractivity contribution in [3.63, 3.8) is 0 Å². The number of likely N-dealkylation sites (tertiary alicyclic amines) is 1. The zero-order valence-electron chi connectivity index (χ0n) is 15.5. The van der Waals surface area contributed by atoms with Crippen molar-refractivity contribution in [1.82, 2.24) is 4.90 Å². The van der Waals surface area contributed by atoms with Gasteiger partial charge in [-0.25, -0.2) is 4.79 Å². The average molecular weight is 366 g/mol. The third-order valence-electron chi connectivity index (χ3n) is 4.43. The smallest absolute Gasteiger partial charge is 0.341 e. The highest BCUT2D eigenvalue weighted by Gasteiger charge is 2.27. The van der Waals surface area contributed by atoms with E-state index in [4.69, 9.17) is 4.74 Å². The van der Waals surface area contributed by atoms with Gasteiger partial charge in [0.05, 0.1) is 5.56 Å². The molecule has 0 spiro atoms. The number of nitrogens with zero attached hydrogens (tertiary/aromatic N) is 1. The molecule has 0 unspecified atom stereocenters. The monoisotopic (exact) mass is 366 g/mol. The van der Waals surface area contributed by atoms with Crippen LogP contribution in [0.15, 0.2) is 0 Å². The van der Waals surface area contributed by atoms with Gasteiger partial charge in [-0.1, -0.05) is 13.8 Å². The first-order valence-electron chi connectivity index (χ1n) is 8.51. The summed E-state index contributed by atoms with van der Waals surface area (Å²) in [6.07, 6.45) is 1.11. The van der Waals surface area contributed by atoms with Gasteiger partial charge in [-0.15, -0.1) is 11.3 Å². The van der Waals surface area contributed by atoms with Crippen LogP contribution in [-0.2, 0) is 14.3 Å². The highest BCUT2D eigenvalue weighted by Crippen LogP contribution is 2.33. The molecule has 7 heteroatoms. The van der Waals surface area contributed by atoms with Crippen LogP contribution in [0.5, 0.6) is 0 Å². The number of hydrogen-bond donors (Lipinski definition) is 1. The van der Waals surface area contributed by atoms with Gasteiger partial charge in [0.25, 0.3) is 5.91 Å². The summed E-state index contributed by atoms with van der Waals surface area (Å²) in [5.74, 6) is -0.0785. The summed E-state index contributed by atoms with van der Waals surface area (Å²) < 4.78 is 5.26. The van der Waals surface area contributed by atoms with Crippen molar-refractivity contribution in [2.24, 2.45) is 11.8 Å². The van der Waals surface area contributed by atoms with Gasteiger partial charge in [0.1, 0.15) is 5.00 Å². The van der Waals surface area contributed by atoms with Gasteiger partial charge in [-0.3, -0.25) is 9.59 Å². The Morgan fingerprint density at radius 3 is 2.36 bits per heavy atom. The Kier molecular flexibility index (Phi) is 6.21. The molecule has 1 saturated heterocycles. The van der Waals surface area contributed by atoms with E-state index in [1.807, 2.05) is 13.8 Å². The van der Waals surface area contributed by atoms with Crippen molar-refractivity contribution < 1.29 is 19.1 Å². The molecule has 0 aromatic carbocycles. The van der Waals surface area contributed by atoms with E-state index in [1.165, 1.54) is 18.3 Å². The lowest BCUT2D eigenvalue weighted by Crippen LogP contribution is -2.44. The normalized spacial score (nSPS) is 20.3. The van der Waals surface area contributed by atoms with E-state index >= 15 is 0 Å². The van der Waals surface area contributed by atoms with E-state index in [0.717, 1.165) is 16.9 Å². The molecule has 0 aliphatic carbocycles. The number of esters is 1. The third kappa shape index (κ3) is 4.81. The molecule has 1 aromatic rings. The van der Waals surface area contributed by atoms with Gasteiger partial charge in [0.2, 0.25) is 5.91 Å². The topological polar surface area (TPSA) is 75.7 Å². The standard InChI is InChI=1S/C18H26N2O4S/c1-10-6-11(2)8-20(7-10)15(22)9-24-18(23)16-12(3)13(4)25-17(16)19-14(5)21/h10-11H,6-9H2,1-5H3,(H,19,21)/t10-,11-/m1/s1. The molecule has 138 valence electrons. The van der Waals surface area contributed by atoms with Crippen LogP contribution in [0.25, 0.3) is 0 Å². The van der Waals surface area contributed by atoms with E-state index in [1.54, 1.807) is 4.90 Å². The molecule has 1 fully saturated rings. The minimum atomic E-state index is -0.572. The molecule has 1 N–H and O–H groups in total. The highest BCUT2D eigenvalue weighted by atomic mass is 32.1. The van der Waals surface area contributed by atoms with Crippen molar-refractivity contribution in [3.8, 4) is 0 Å². The van der Waals surface area contributed by atoms with Gasteiger partial charge < -0.3 is 15.0 Å². The predicted octanol–water partition coefficient (Wildman–Crippen LogP) is 2.98. The second kappa shape index (κ2) is 7.99. The zero-order valence-corrected chi connectivity index (χ0v) is 16.3. The molecular weight excluding hydrogens is 340 g/mol. The van der Waals surface area contributed by atoms with Crippen LogP contribution in [0.4, 0.5) is 5.00 Å². The fourth-order valence-electron chi connectivity index (χ4n) is 3.28. The number of ether oxygens (including phenoxy) is 1. The lowest BCUT2D eigenvalue weighted by molar-refractivity contribution is -0.137. The Morgan fingerprint density at radius 2 is 1.80 bits per heavy atom. The Balaban J connectivity index is 2.03. The first-order chi connectivity index (χ1) is 11.7. The molecule has 2 rings (SSSR count). The van der Waals surface area contributed by atoms with Gasteiger partial charge in [0.15, 0.2) is 6.61 Å². The van der Waals surface area contributed by atoms with Crippen LogP contribution in [0.2, 0.25) is 0 Å². The van der Waals surface area contributed by atoms with Crippen molar-refractivity contribution in [3.05, 3.63) is 16.0 Å². The Labute approximate surface area is 152 Å². The van der Waals surface area contributed by atoms with Gasteiger partial charge in [-0.05, 0) is 37.7 Å². The van der Waals surface area contributed by atoms with Gasteiger partial charge in [-0.2, -0.15) is 0 Å². The predicted molar refractivity (Wildman–Crippen MR) is 97.9 cm³/mol. The van der Waals surface area contributed by atoms with E-state index in [0.29, 0.717) is 35.5 Å². The summed E-state index contributed by atoms with van der Waals surface area (Å²) in [7, 11) is 0. The highest BCUT2D eigenvalue weighted by molar-refractivity contribution is 7.16. The number of amides is 2. The summed E-state index contributed by atoms with van der Waals surface area (Å²) >= 11 is 1.33. The van der Waals surface area contributed by atoms with Gasteiger partial charge in [0, 0.05) is 24.9 Å². The van der Waals surface area contributed by atoms with E-state index in [-0.39, 0.29) is 18.4 Å². The average Bonchev–Trinajstić information content (AvgIpc) is 2.77. The number of hydrogen-bond acceptors (Lipinski definition) is 5. The summed E-state index contributed by atoms with van der Waals surface area (Å²) in [4.78, 5) is 38.8. The molecule has 0 bridgehead atoms. The number of thiophene rings is 1. The molecule has 25 heavy (non-hydrogen) atoms. The maximum absolute atomic E-state index is 12.5. The molecule has 0 radical (unpaired) electrons. The van der Waals surface area contributed by atoms with Crippen molar-refractivity contribution in [2.45, 2.75) is 41.0 Å². The quantitative estimate of drug-likeness (QED) is 0.831. The van der Waals surface area contributed by atoms with Crippen LogP contribution in [-0.4, -0.2) is 42.4 Å². The van der Waals surface area contributed by atoms with Crippen LogP contribution >= 0.6 is 11.3 Å². The second-order valence-electron chi connectivity index (χ2n) is 6.99. The van der Waals surface area contributed by atoms with Crippen LogP contribution in [0.1, 0.15) is 48.0 Å². The lowest BCUT2D eigenvalue weighted by Gasteiger charge is -2.34. The van der Waals surface area contributed by atoms with Crippen molar-refractivity contribution >= 4 is 34.1 Å². The molecule has 2 heterocycles. The summed E-state index contributed by atoms with van der Waals surface area (Å²) in [6.45, 7) is 10.5. The molecule has 6 nitrogen and oxygen atoms in total. The van der Waals surface area contributed by atoms with E-state index < -0.39 is 5.97 Å². The van der Waals surface area contributed by atoms with Crippen LogP contribution in [0, 0.1) is 25.7 Å². The summed E-state index contributed by atoms with van der Waals surface area (Å²) in [5, 5.41) is 3.13. The molecule has 0 saturated carbocycles. The molecular formula is C18H26N2O4S. The fourth-order valence-corrected chi connectivity index (χ4v) is 4.37. The Hall–Kier alpha value is -1.89. The van der Waals surface area contributed by atoms with Crippen molar-refractivity contribution in [2.75, 3.05) is 25.0 Å². The fraction of sp³-hybridized carbons (Fsp3) is 0.611. The number of carbonyl (C=O) groups excluding carboxylic acids is 3. The molecule has 1 aliphatic heterocycles. The van der Waals surface area contributed by atoms with Gasteiger partial charge >= 0.3 is 5.97 Å². The number of nitrogens with one attached hydrogen (secondary N) is 1. The van der Waals surface area contributed by atoms with E-state index in [9.17, 15) is 14.4 Å². The van der Waals surface area contributed by atoms with E-state index in [2.05, 4.69) is 19.2 Å². The Bertz CT molecular complexity index is 673. The molecule has 2 amide bonds. The second-order valence-corrected chi connectivity index (χ2v) is 8.21. The molecule has 1 aliphatic rings. The van der Waals surface area contributed by atoms with Crippen LogP contribution in [0.3, 0.4) is 0 Å². The van der Waals surface area contributed by atoms with Crippen LogP contribution < -0.4 is 5.32 Å². The minimum Gasteiger partial charge on any atom is -0.452 e. The number of piperidine rings is 1. The van der Waals surface area contributed by atoms with Crippen molar-refractivity contribution in [1.29, 1.82) is 0 Å². The first-order valence-corrected chi connectivity index (χ1v) is 9.33. The zero-order chi connectivity index (χ0) is 18.7. The number of anilines is 1. The summed E-state index contributed by atoms with van der Waals surface area (Å²) in [6, 6.07) is 0. The number of aryl methyl sites for hydroxylation is 1. The summed E-state index contributed by atoms with van der Waals surface area (Å²) in [5.41, 5.74) is 1.11. The first kappa shape index (κ1) is 19.4.